The standard InChI is InChI=1S/C27H36BN.C18H12BN2.Au/c1-18(2)22-11-9-12-23(19(3)4)26(22)28-15-16-29(17-28)27-24(20(5)6)13-10-14-25(27)21(7)8;1-3-9-15-13(7-1)14-8-2-5-11-17(14)21-18-12-6-4-10-16(18)20-19(15)21;/h9-16,18-21H,1-8H3;1-12H;/q;-1;. The number of para-hydroxylation sites is 3. The third-order valence-corrected chi connectivity index (χ3v) is 10.4. The number of nitrogens with zero attached hydrogens (tertiary/aromatic N) is 3. The third-order valence-electron chi connectivity index (χ3n) is 10.4. The molecule has 0 saturated heterocycles. The van der Waals surface area contributed by atoms with Crippen LogP contribution in [0.1, 0.15) is 101 Å². The van der Waals surface area contributed by atoms with Gasteiger partial charge >= 0.3 is 0 Å². The minimum Gasteiger partial charge on any atom is -0.683 e. The van der Waals surface area contributed by atoms with Crippen molar-refractivity contribution in [2.75, 3.05) is 4.81 Å². The van der Waals surface area contributed by atoms with Crippen LogP contribution < -0.4 is 15.7 Å². The Morgan fingerprint density at radius 3 is 1.69 bits per heavy atom. The topological polar surface area (TPSA) is 20.4 Å². The van der Waals surface area contributed by atoms with Gasteiger partial charge in [-0.1, -0.05) is 175 Å². The number of hydrogen-bond donors (Lipinski definition) is 0. The zero-order chi connectivity index (χ0) is 35.1. The van der Waals surface area contributed by atoms with Gasteiger partial charge < -0.3 is 14.6 Å². The molecule has 3 heterocycles. The maximum Gasteiger partial charge on any atom is 0.230 e. The van der Waals surface area contributed by atoms with E-state index in [1.165, 1.54) is 61.4 Å². The predicted molar refractivity (Wildman–Crippen MR) is 218 cm³/mol. The van der Waals surface area contributed by atoms with Gasteiger partial charge in [-0.2, -0.15) is 0 Å². The van der Waals surface area contributed by atoms with Crippen LogP contribution in [-0.2, 0) is 22.4 Å². The summed E-state index contributed by atoms with van der Waals surface area (Å²) in [5.74, 6) is 4.29. The van der Waals surface area contributed by atoms with Crippen molar-refractivity contribution in [3.8, 4) is 11.1 Å². The Hall–Kier alpha value is -4.02. The molecule has 0 saturated carbocycles. The fourth-order valence-electron chi connectivity index (χ4n) is 7.91. The van der Waals surface area contributed by atoms with Crippen LogP contribution in [0.5, 0.6) is 0 Å². The Morgan fingerprint density at radius 1 is 0.569 bits per heavy atom. The average molecular weight is 849 g/mol. The molecule has 0 N–H and O–H groups in total. The normalized spacial score (nSPS) is 13.7. The molecule has 0 atom stereocenters. The van der Waals surface area contributed by atoms with E-state index in [2.05, 4.69) is 192 Å². The van der Waals surface area contributed by atoms with Gasteiger partial charge in [0.25, 0.3) is 0 Å². The molecule has 3 aliphatic rings. The Morgan fingerprint density at radius 2 is 1.08 bits per heavy atom. The molecule has 8 rings (SSSR count). The molecular weight excluding hydrogens is 801 g/mol. The van der Waals surface area contributed by atoms with E-state index in [1.54, 1.807) is 0 Å². The minimum absolute atomic E-state index is 0. The van der Waals surface area contributed by atoms with E-state index in [0.29, 0.717) is 23.7 Å². The summed E-state index contributed by atoms with van der Waals surface area (Å²) in [6, 6.07) is 39.1. The first-order valence-electron chi connectivity index (χ1n) is 18.4. The largest absolute Gasteiger partial charge is 0.683 e. The van der Waals surface area contributed by atoms with E-state index >= 15 is 0 Å². The van der Waals surface area contributed by atoms with Crippen molar-refractivity contribution in [2.45, 2.75) is 79.1 Å². The number of rotatable bonds is 6. The molecule has 0 spiro atoms. The van der Waals surface area contributed by atoms with Gasteiger partial charge in [0.05, 0.1) is 12.3 Å². The van der Waals surface area contributed by atoms with Crippen LogP contribution in [0, 0.1) is 0 Å². The number of anilines is 2. The van der Waals surface area contributed by atoms with Gasteiger partial charge in [0.2, 0.25) is 6.71 Å². The monoisotopic (exact) mass is 849 g/mol. The fourth-order valence-corrected chi connectivity index (χ4v) is 7.91. The summed E-state index contributed by atoms with van der Waals surface area (Å²) in [6.07, 6.45) is 6.06. The van der Waals surface area contributed by atoms with E-state index < -0.39 is 0 Å². The molecule has 0 amide bonds. The average Bonchev–Trinajstić information content (AvgIpc) is 3.77. The van der Waals surface area contributed by atoms with E-state index in [4.69, 9.17) is 5.23 Å². The van der Waals surface area contributed by atoms with Gasteiger partial charge in [-0.25, -0.2) is 0 Å². The van der Waals surface area contributed by atoms with Crippen LogP contribution in [0.2, 0.25) is 0 Å². The Balaban J connectivity index is 0.000000179. The smallest absolute Gasteiger partial charge is 0.230 e. The molecule has 5 aromatic rings. The van der Waals surface area contributed by atoms with Gasteiger partial charge in [-0.3, -0.25) is 0 Å². The minimum atomic E-state index is 0. The van der Waals surface area contributed by atoms with E-state index in [9.17, 15) is 0 Å². The summed E-state index contributed by atoms with van der Waals surface area (Å²) in [5.41, 5.74) is 15.9. The maximum absolute atomic E-state index is 4.94. The van der Waals surface area contributed by atoms with Crippen molar-refractivity contribution in [3.63, 3.8) is 0 Å². The quantitative estimate of drug-likeness (QED) is 0.0947. The first-order valence-corrected chi connectivity index (χ1v) is 18.4. The van der Waals surface area contributed by atoms with E-state index in [0.717, 1.165) is 5.69 Å². The van der Waals surface area contributed by atoms with Crippen molar-refractivity contribution in [3.05, 3.63) is 149 Å². The second kappa shape index (κ2) is 15.3. The second-order valence-electron chi connectivity index (χ2n) is 15.0. The Labute approximate surface area is 322 Å². The first kappa shape index (κ1) is 36.8. The third kappa shape index (κ3) is 6.85. The summed E-state index contributed by atoms with van der Waals surface area (Å²) >= 11 is 0. The molecule has 0 unspecified atom stereocenters. The van der Waals surface area contributed by atoms with Crippen LogP contribution in [0.4, 0.5) is 22.7 Å². The van der Waals surface area contributed by atoms with E-state index in [-0.39, 0.29) is 36.1 Å². The SMILES string of the molecule is CC(C)c1cccc(C(C)C)c1B1[C-]=[N+](c2c(C(C)C)cccc2C(C)C)C=C1.[Au].c1ccc2c(c1)[N-]B1c3ccccc3-c3ccccc3N12. The number of benzene rings is 5. The van der Waals surface area contributed by atoms with Gasteiger partial charge in [0.15, 0.2) is 6.98 Å². The van der Waals surface area contributed by atoms with Gasteiger partial charge in [-0.05, 0) is 52.5 Å². The van der Waals surface area contributed by atoms with Crippen molar-refractivity contribution >= 4 is 53.5 Å². The molecule has 1 radical (unpaired) electrons. The van der Waals surface area contributed by atoms with Crippen LogP contribution >= 0.6 is 0 Å². The molecule has 6 heteroatoms. The molecule has 0 fully saturated rings. The maximum atomic E-state index is 4.94. The predicted octanol–water partition coefficient (Wildman–Crippen LogP) is 11.0. The molecule has 5 aromatic carbocycles. The summed E-state index contributed by atoms with van der Waals surface area (Å²) in [4.78, 5) is 2.35. The van der Waals surface area contributed by atoms with Crippen molar-refractivity contribution in [1.29, 1.82) is 0 Å². The summed E-state index contributed by atoms with van der Waals surface area (Å²) in [6.45, 7) is 18.6. The van der Waals surface area contributed by atoms with Crippen molar-refractivity contribution < 1.29 is 27.0 Å². The molecule has 0 aliphatic carbocycles. The Kier molecular flexibility index (Phi) is 11.0. The summed E-state index contributed by atoms with van der Waals surface area (Å²) < 4.78 is 2.27. The first-order chi connectivity index (χ1) is 24.2. The molecule has 3 nitrogen and oxygen atoms in total. The van der Waals surface area contributed by atoms with Gasteiger partial charge in [-0.15, -0.1) is 11.7 Å². The van der Waals surface area contributed by atoms with Crippen LogP contribution in [0.25, 0.3) is 16.4 Å². The number of hydrogen-bond acceptors (Lipinski definition) is 1. The molecule has 0 aromatic heterocycles. The molecular formula is C45H48AuB2N3-. The molecule has 3 aliphatic heterocycles. The van der Waals surface area contributed by atoms with Gasteiger partial charge in [0.1, 0.15) is 5.69 Å². The zero-order valence-corrected chi connectivity index (χ0v) is 33.3. The fraction of sp³-hybridized carbons (Fsp3) is 0.267. The summed E-state index contributed by atoms with van der Waals surface area (Å²) in [5, 5.41) is 4.94. The molecule has 0 bridgehead atoms. The van der Waals surface area contributed by atoms with E-state index in [1.807, 2.05) is 0 Å². The van der Waals surface area contributed by atoms with Crippen molar-refractivity contribution in [1.82, 2.24) is 0 Å². The zero-order valence-electron chi connectivity index (χ0n) is 31.2. The van der Waals surface area contributed by atoms with Crippen LogP contribution in [0.3, 0.4) is 0 Å². The molecule has 51 heavy (non-hydrogen) atoms. The second-order valence-corrected chi connectivity index (χ2v) is 15.0. The van der Waals surface area contributed by atoms with Crippen LogP contribution in [-0.4, -0.2) is 24.4 Å². The number of fused-ring (bicyclic) bond motifs is 8. The summed E-state index contributed by atoms with van der Waals surface area (Å²) in [7, 11) is 0. The molecule has 261 valence electrons. The Bertz CT molecular complexity index is 2050. The van der Waals surface area contributed by atoms with Gasteiger partial charge in [0, 0.05) is 39.3 Å². The van der Waals surface area contributed by atoms with Crippen molar-refractivity contribution in [2.24, 2.45) is 0 Å². The van der Waals surface area contributed by atoms with Crippen LogP contribution in [0.15, 0.2) is 121 Å².